The summed E-state index contributed by atoms with van der Waals surface area (Å²) in [6.07, 6.45) is 0. The van der Waals surface area contributed by atoms with Crippen LogP contribution in [0.25, 0.3) is 0 Å². The maximum absolute atomic E-state index is 5.60. The number of hydrogen-bond acceptors (Lipinski definition) is 5. The molecule has 0 spiro atoms. The summed E-state index contributed by atoms with van der Waals surface area (Å²) >= 11 is 3.60. The van der Waals surface area contributed by atoms with Gasteiger partial charge in [-0.2, -0.15) is 0 Å². The Morgan fingerprint density at radius 1 is 1.11 bits per heavy atom. The Morgan fingerprint density at radius 3 is 2.58 bits per heavy atom. The van der Waals surface area contributed by atoms with Crippen LogP contribution in [-0.4, -0.2) is 32.8 Å². The molecule has 4 nitrogen and oxygen atoms in total. The van der Waals surface area contributed by atoms with Crippen molar-refractivity contribution in [1.29, 1.82) is 0 Å². The summed E-state index contributed by atoms with van der Waals surface area (Å²) in [7, 11) is 0. The van der Waals surface area contributed by atoms with E-state index in [0.29, 0.717) is 6.54 Å². The van der Waals surface area contributed by atoms with E-state index in [2.05, 4.69) is 39.0 Å². The lowest BCUT2D eigenvalue weighted by Crippen LogP contribution is -2.12. The van der Waals surface area contributed by atoms with Gasteiger partial charge in [-0.05, 0) is 19.1 Å². The van der Waals surface area contributed by atoms with Gasteiger partial charge in [-0.1, -0.05) is 30.0 Å². The van der Waals surface area contributed by atoms with Gasteiger partial charge < -0.3 is 10.3 Å². The van der Waals surface area contributed by atoms with Crippen molar-refractivity contribution >= 4 is 23.5 Å². The monoisotopic (exact) mass is 294 g/mol. The third-order valence-corrected chi connectivity index (χ3v) is 4.82. The fourth-order valence-electron chi connectivity index (χ4n) is 1.66. The molecular weight excluding hydrogens is 276 g/mol. The van der Waals surface area contributed by atoms with Crippen molar-refractivity contribution in [2.45, 2.75) is 23.5 Å². The first kappa shape index (κ1) is 14.4. The van der Waals surface area contributed by atoms with Crippen molar-refractivity contribution in [2.75, 3.05) is 18.1 Å². The molecule has 0 saturated carbocycles. The molecule has 6 heteroatoms. The Kier molecular flexibility index (Phi) is 5.75. The number of aromatic nitrogens is 3. The third-order valence-electron chi connectivity index (χ3n) is 2.58. The van der Waals surface area contributed by atoms with Gasteiger partial charge in [0.05, 0.1) is 0 Å². The Bertz CT molecular complexity index is 499. The minimum atomic E-state index is 0.616. The Hall–Kier alpha value is -0.980. The van der Waals surface area contributed by atoms with Crippen molar-refractivity contribution in [1.82, 2.24) is 14.8 Å². The van der Waals surface area contributed by atoms with Gasteiger partial charge in [-0.3, -0.25) is 0 Å². The molecule has 0 aliphatic heterocycles. The summed E-state index contributed by atoms with van der Waals surface area (Å²) in [5.74, 6) is 3.01. The Balaban J connectivity index is 1.80. The lowest BCUT2D eigenvalue weighted by Gasteiger charge is -2.06. The van der Waals surface area contributed by atoms with Crippen LogP contribution in [0, 0.1) is 6.92 Å². The molecule has 1 aromatic carbocycles. The van der Waals surface area contributed by atoms with Gasteiger partial charge in [-0.25, -0.2) is 0 Å². The second kappa shape index (κ2) is 7.57. The highest BCUT2D eigenvalue weighted by molar-refractivity contribution is 8.02. The zero-order chi connectivity index (χ0) is 13.5. The van der Waals surface area contributed by atoms with E-state index in [1.807, 2.05) is 24.8 Å². The first-order chi connectivity index (χ1) is 9.31. The van der Waals surface area contributed by atoms with Crippen LogP contribution >= 0.6 is 23.5 Å². The summed E-state index contributed by atoms with van der Waals surface area (Å²) in [5.41, 5.74) is 5.60. The van der Waals surface area contributed by atoms with Crippen LogP contribution in [0.4, 0.5) is 0 Å². The molecule has 0 amide bonds. The number of nitrogens with zero attached hydrogens (tertiary/aromatic N) is 3. The zero-order valence-corrected chi connectivity index (χ0v) is 12.6. The molecule has 0 radical (unpaired) electrons. The molecule has 2 rings (SSSR count). The van der Waals surface area contributed by atoms with Gasteiger partial charge in [0, 0.05) is 29.5 Å². The molecule has 0 unspecified atom stereocenters. The van der Waals surface area contributed by atoms with Gasteiger partial charge in [0.2, 0.25) is 0 Å². The number of aryl methyl sites for hydroxylation is 1. The molecule has 0 fully saturated rings. The summed E-state index contributed by atoms with van der Waals surface area (Å²) in [6.45, 7) is 3.36. The summed E-state index contributed by atoms with van der Waals surface area (Å²) < 4.78 is 2.08. The van der Waals surface area contributed by atoms with Crippen molar-refractivity contribution in [3.05, 3.63) is 36.2 Å². The van der Waals surface area contributed by atoms with E-state index in [1.165, 1.54) is 4.90 Å². The predicted molar refractivity (Wildman–Crippen MR) is 81.7 cm³/mol. The molecule has 102 valence electrons. The highest BCUT2D eigenvalue weighted by Crippen LogP contribution is 2.22. The molecule has 2 aromatic rings. The summed E-state index contributed by atoms with van der Waals surface area (Å²) in [5, 5.41) is 9.26. The van der Waals surface area contributed by atoms with E-state index in [4.69, 9.17) is 5.73 Å². The quantitative estimate of drug-likeness (QED) is 0.628. The molecule has 0 bridgehead atoms. The Labute approximate surface area is 122 Å². The van der Waals surface area contributed by atoms with Crippen molar-refractivity contribution in [3.8, 4) is 0 Å². The fourth-order valence-corrected chi connectivity index (χ4v) is 3.58. The maximum Gasteiger partial charge on any atom is 0.191 e. The van der Waals surface area contributed by atoms with Crippen LogP contribution in [-0.2, 0) is 6.54 Å². The van der Waals surface area contributed by atoms with Gasteiger partial charge in [0.1, 0.15) is 5.82 Å². The highest BCUT2D eigenvalue weighted by atomic mass is 32.2. The number of hydrogen-bond donors (Lipinski definition) is 1. The summed E-state index contributed by atoms with van der Waals surface area (Å²) in [4.78, 5) is 1.31. The zero-order valence-electron chi connectivity index (χ0n) is 11.0. The molecule has 1 aromatic heterocycles. The van der Waals surface area contributed by atoms with Crippen molar-refractivity contribution in [2.24, 2.45) is 5.73 Å². The highest BCUT2D eigenvalue weighted by Gasteiger charge is 2.08. The number of nitrogens with two attached hydrogens (primary N) is 1. The van der Waals surface area contributed by atoms with Gasteiger partial charge in [0.25, 0.3) is 0 Å². The molecular formula is C13H18N4S2. The molecule has 2 N–H and O–H groups in total. The van der Waals surface area contributed by atoms with E-state index < -0.39 is 0 Å². The van der Waals surface area contributed by atoms with Crippen LogP contribution in [0.3, 0.4) is 0 Å². The van der Waals surface area contributed by atoms with E-state index in [1.54, 1.807) is 11.8 Å². The van der Waals surface area contributed by atoms with Crippen molar-refractivity contribution < 1.29 is 0 Å². The summed E-state index contributed by atoms with van der Waals surface area (Å²) in [6, 6.07) is 10.4. The lowest BCUT2D eigenvalue weighted by molar-refractivity contribution is 0.627. The molecule has 0 aliphatic carbocycles. The van der Waals surface area contributed by atoms with Crippen molar-refractivity contribution in [3.63, 3.8) is 0 Å². The maximum atomic E-state index is 5.60. The largest absolute Gasteiger partial charge is 0.329 e. The first-order valence-electron chi connectivity index (χ1n) is 6.22. The second-order valence-corrected chi connectivity index (χ2v) is 6.21. The number of benzene rings is 1. The number of thioether (sulfide) groups is 2. The van der Waals surface area contributed by atoms with Gasteiger partial charge in [0.15, 0.2) is 5.16 Å². The van der Waals surface area contributed by atoms with Gasteiger partial charge in [-0.15, -0.1) is 22.0 Å². The van der Waals surface area contributed by atoms with Crippen LogP contribution in [0.15, 0.2) is 40.4 Å². The molecule has 0 aliphatic rings. The molecule has 0 atom stereocenters. The van der Waals surface area contributed by atoms with E-state index in [9.17, 15) is 0 Å². The minimum Gasteiger partial charge on any atom is -0.329 e. The lowest BCUT2D eigenvalue weighted by atomic mass is 10.4. The second-order valence-electron chi connectivity index (χ2n) is 3.98. The molecule has 0 saturated heterocycles. The molecule has 1 heterocycles. The SMILES string of the molecule is Cc1nnc(SCCSc2ccccc2)n1CCN. The van der Waals surface area contributed by atoms with Crippen LogP contribution in [0.1, 0.15) is 5.82 Å². The van der Waals surface area contributed by atoms with E-state index in [-0.39, 0.29) is 0 Å². The van der Waals surface area contributed by atoms with E-state index >= 15 is 0 Å². The van der Waals surface area contributed by atoms with E-state index in [0.717, 1.165) is 29.0 Å². The topological polar surface area (TPSA) is 56.7 Å². The average molecular weight is 294 g/mol. The van der Waals surface area contributed by atoms with Gasteiger partial charge >= 0.3 is 0 Å². The molecule has 19 heavy (non-hydrogen) atoms. The first-order valence-corrected chi connectivity index (χ1v) is 8.19. The normalized spacial score (nSPS) is 10.8. The predicted octanol–water partition coefficient (Wildman–Crippen LogP) is 2.43. The smallest absolute Gasteiger partial charge is 0.191 e. The number of rotatable bonds is 7. The van der Waals surface area contributed by atoms with Crippen LogP contribution in [0.5, 0.6) is 0 Å². The van der Waals surface area contributed by atoms with Crippen LogP contribution < -0.4 is 5.73 Å². The van der Waals surface area contributed by atoms with Crippen LogP contribution in [0.2, 0.25) is 0 Å². The standard InChI is InChI=1S/C13H18N4S2/c1-11-15-16-13(17(11)8-7-14)19-10-9-18-12-5-3-2-4-6-12/h2-6H,7-10,14H2,1H3. The third kappa shape index (κ3) is 4.26. The minimum absolute atomic E-state index is 0.616. The fraction of sp³-hybridized carbons (Fsp3) is 0.385. The average Bonchev–Trinajstić information content (AvgIpc) is 2.78. The Morgan fingerprint density at radius 2 is 1.84 bits per heavy atom.